The molecule has 0 aliphatic carbocycles. The van der Waals surface area contributed by atoms with Gasteiger partial charge in [-0.1, -0.05) is 12.1 Å². The highest BCUT2D eigenvalue weighted by atomic mass is 16.5. The largest absolute Gasteiger partial charge is 0.497 e. The zero-order chi connectivity index (χ0) is 12.8. The Morgan fingerprint density at radius 2 is 2.33 bits per heavy atom. The van der Waals surface area contributed by atoms with Crippen molar-refractivity contribution in [3.05, 3.63) is 29.8 Å². The molecule has 1 N–H and O–H groups in total. The van der Waals surface area contributed by atoms with E-state index in [2.05, 4.69) is 35.3 Å². The Morgan fingerprint density at radius 1 is 1.44 bits per heavy atom. The number of methoxy groups -OCH3 is 1. The van der Waals surface area contributed by atoms with Crippen molar-refractivity contribution in [1.29, 1.82) is 0 Å². The van der Waals surface area contributed by atoms with Crippen molar-refractivity contribution in [2.45, 2.75) is 25.8 Å². The molecule has 1 saturated heterocycles. The van der Waals surface area contributed by atoms with Crippen LogP contribution in [0.25, 0.3) is 0 Å². The number of nitrogens with one attached hydrogen (secondary N) is 1. The van der Waals surface area contributed by atoms with E-state index in [1.54, 1.807) is 7.11 Å². The SMILES string of the molecule is COc1cccc(CCCN2CCNCC2C)c1. The van der Waals surface area contributed by atoms with Gasteiger partial charge >= 0.3 is 0 Å². The van der Waals surface area contributed by atoms with Crippen LogP contribution in [0.1, 0.15) is 18.9 Å². The molecule has 2 rings (SSSR count). The maximum Gasteiger partial charge on any atom is 0.119 e. The Bertz CT molecular complexity index is 367. The van der Waals surface area contributed by atoms with E-state index in [4.69, 9.17) is 4.74 Å². The Morgan fingerprint density at radius 3 is 3.11 bits per heavy atom. The van der Waals surface area contributed by atoms with Crippen LogP contribution in [0.15, 0.2) is 24.3 Å². The van der Waals surface area contributed by atoms with E-state index < -0.39 is 0 Å². The maximum absolute atomic E-state index is 5.25. The summed E-state index contributed by atoms with van der Waals surface area (Å²) in [7, 11) is 1.72. The summed E-state index contributed by atoms with van der Waals surface area (Å²) in [5.74, 6) is 0.961. The molecule has 3 heteroatoms. The van der Waals surface area contributed by atoms with Gasteiger partial charge in [-0.3, -0.25) is 4.90 Å². The summed E-state index contributed by atoms with van der Waals surface area (Å²) < 4.78 is 5.25. The minimum Gasteiger partial charge on any atom is -0.497 e. The minimum absolute atomic E-state index is 0.670. The molecular formula is C15H24N2O. The lowest BCUT2D eigenvalue weighted by atomic mass is 10.1. The molecule has 1 aliphatic rings. The molecule has 3 nitrogen and oxygen atoms in total. The Balaban J connectivity index is 1.77. The summed E-state index contributed by atoms with van der Waals surface area (Å²) in [5.41, 5.74) is 1.37. The molecule has 18 heavy (non-hydrogen) atoms. The predicted molar refractivity (Wildman–Crippen MR) is 75.2 cm³/mol. The van der Waals surface area contributed by atoms with Crippen LogP contribution in [0.2, 0.25) is 0 Å². The summed E-state index contributed by atoms with van der Waals surface area (Å²) in [6.07, 6.45) is 2.35. The van der Waals surface area contributed by atoms with Crippen molar-refractivity contribution in [2.75, 3.05) is 33.3 Å². The van der Waals surface area contributed by atoms with E-state index in [-0.39, 0.29) is 0 Å². The van der Waals surface area contributed by atoms with E-state index in [9.17, 15) is 0 Å². The van der Waals surface area contributed by atoms with Crippen LogP contribution in [-0.4, -0.2) is 44.2 Å². The van der Waals surface area contributed by atoms with Gasteiger partial charge in [0.15, 0.2) is 0 Å². The molecule has 1 aromatic carbocycles. The smallest absolute Gasteiger partial charge is 0.119 e. The fraction of sp³-hybridized carbons (Fsp3) is 0.600. The normalized spacial score (nSPS) is 20.9. The molecule has 0 bridgehead atoms. The van der Waals surface area contributed by atoms with Crippen LogP contribution in [0.5, 0.6) is 5.75 Å². The van der Waals surface area contributed by atoms with Crippen LogP contribution in [0, 0.1) is 0 Å². The Kier molecular flexibility index (Phi) is 5.02. The number of ether oxygens (including phenoxy) is 1. The van der Waals surface area contributed by atoms with Gasteiger partial charge in [0.1, 0.15) is 5.75 Å². The number of aryl methyl sites for hydroxylation is 1. The van der Waals surface area contributed by atoms with Crippen molar-refractivity contribution in [1.82, 2.24) is 10.2 Å². The van der Waals surface area contributed by atoms with E-state index in [0.29, 0.717) is 6.04 Å². The Hall–Kier alpha value is -1.06. The van der Waals surface area contributed by atoms with Gasteiger partial charge in [-0.25, -0.2) is 0 Å². The van der Waals surface area contributed by atoms with Gasteiger partial charge in [0, 0.05) is 25.7 Å². The molecule has 1 atom stereocenters. The molecule has 1 heterocycles. The van der Waals surface area contributed by atoms with Crippen LogP contribution in [0.4, 0.5) is 0 Å². The van der Waals surface area contributed by atoms with Crippen LogP contribution < -0.4 is 10.1 Å². The molecule has 1 fully saturated rings. The molecule has 100 valence electrons. The van der Waals surface area contributed by atoms with Crippen LogP contribution >= 0.6 is 0 Å². The lowest BCUT2D eigenvalue weighted by molar-refractivity contribution is 0.172. The summed E-state index contributed by atoms with van der Waals surface area (Å²) in [4.78, 5) is 2.58. The van der Waals surface area contributed by atoms with E-state index in [1.807, 2.05) is 6.07 Å². The summed E-state index contributed by atoms with van der Waals surface area (Å²) >= 11 is 0. The molecule has 0 radical (unpaired) electrons. The molecule has 0 spiro atoms. The molecule has 1 unspecified atom stereocenters. The van der Waals surface area contributed by atoms with Crippen molar-refractivity contribution >= 4 is 0 Å². The minimum atomic E-state index is 0.670. The molecule has 0 amide bonds. The first-order valence-corrected chi connectivity index (χ1v) is 6.87. The number of benzene rings is 1. The first-order chi connectivity index (χ1) is 8.79. The second kappa shape index (κ2) is 6.76. The number of nitrogens with zero attached hydrogens (tertiary/aromatic N) is 1. The van der Waals surface area contributed by atoms with Gasteiger partial charge in [0.2, 0.25) is 0 Å². The zero-order valence-corrected chi connectivity index (χ0v) is 11.5. The average molecular weight is 248 g/mol. The third kappa shape index (κ3) is 3.72. The van der Waals surface area contributed by atoms with Crippen molar-refractivity contribution in [3.8, 4) is 5.75 Å². The quantitative estimate of drug-likeness (QED) is 0.861. The van der Waals surface area contributed by atoms with Gasteiger partial charge in [0.25, 0.3) is 0 Å². The standard InChI is InChI=1S/C15H24N2O/c1-13-12-16-8-10-17(13)9-4-6-14-5-3-7-15(11-14)18-2/h3,5,7,11,13,16H,4,6,8-10,12H2,1-2H3. The maximum atomic E-state index is 5.25. The van der Waals surface area contributed by atoms with Gasteiger partial charge in [-0.15, -0.1) is 0 Å². The third-order valence-corrected chi connectivity index (χ3v) is 3.68. The van der Waals surface area contributed by atoms with Gasteiger partial charge in [0.05, 0.1) is 7.11 Å². The van der Waals surface area contributed by atoms with E-state index >= 15 is 0 Å². The average Bonchev–Trinajstić information content (AvgIpc) is 2.41. The highest BCUT2D eigenvalue weighted by Gasteiger charge is 2.16. The van der Waals surface area contributed by atoms with Crippen molar-refractivity contribution in [2.24, 2.45) is 0 Å². The van der Waals surface area contributed by atoms with Crippen molar-refractivity contribution < 1.29 is 4.74 Å². The first kappa shape index (κ1) is 13.4. The Labute approximate surface area is 110 Å². The number of piperazine rings is 1. The number of rotatable bonds is 5. The lowest BCUT2D eigenvalue weighted by Gasteiger charge is -2.33. The van der Waals surface area contributed by atoms with Gasteiger partial charge in [-0.05, 0) is 44.0 Å². The second-order valence-electron chi connectivity index (χ2n) is 5.04. The van der Waals surface area contributed by atoms with Crippen molar-refractivity contribution in [3.63, 3.8) is 0 Å². The highest BCUT2D eigenvalue weighted by molar-refractivity contribution is 5.28. The number of hydrogen-bond acceptors (Lipinski definition) is 3. The predicted octanol–water partition coefficient (Wildman–Crippen LogP) is 1.92. The first-order valence-electron chi connectivity index (χ1n) is 6.87. The topological polar surface area (TPSA) is 24.5 Å². The summed E-state index contributed by atoms with van der Waals surface area (Å²) in [6, 6.07) is 9.07. The number of hydrogen-bond donors (Lipinski definition) is 1. The van der Waals surface area contributed by atoms with E-state index in [1.165, 1.54) is 25.1 Å². The molecule has 0 aromatic heterocycles. The van der Waals surface area contributed by atoms with Gasteiger partial charge in [-0.2, -0.15) is 0 Å². The second-order valence-corrected chi connectivity index (χ2v) is 5.04. The molecular weight excluding hydrogens is 224 g/mol. The molecule has 1 aliphatic heterocycles. The highest BCUT2D eigenvalue weighted by Crippen LogP contribution is 2.14. The lowest BCUT2D eigenvalue weighted by Crippen LogP contribution is -2.49. The monoisotopic (exact) mass is 248 g/mol. The summed E-state index contributed by atoms with van der Waals surface area (Å²) in [6.45, 7) is 6.93. The van der Waals surface area contributed by atoms with Crippen LogP contribution in [0.3, 0.4) is 0 Å². The van der Waals surface area contributed by atoms with Gasteiger partial charge < -0.3 is 10.1 Å². The molecule has 0 saturated carbocycles. The summed E-state index contributed by atoms with van der Waals surface area (Å²) in [5, 5.41) is 3.43. The fourth-order valence-corrected chi connectivity index (χ4v) is 2.53. The fourth-order valence-electron chi connectivity index (χ4n) is 2.53. The zero-order valence-electron chi connectivity index (χ0n) is 11.5. The molecule has 1 aromatic rings. The third-order valence-electron chi connectivity index (χ3n) is 3.68. The van der Waals surface area contributed by atoms with Crippen LogP contribution in [-0.2, 0) is 6.42 Å². The van der Waals surface area contributed by atoms with E-state index in [0.717, 1.165) is 25.3 Å².